The Hall–Kier alpha value is -7.39. The number of phosphoric acid groups is 1. The highest BCUT2D eigenvalue weighted by Gasteiger charge is 2.40. The van der Waals surface area contributed by atoms with Gasteiger partial charge in [0.15, 0.2) is 0 Å². The third-order valence-electron chi connectivity index (χ3n) is 12.4. The quantitative estimate of drug-likeness (QED) is 0.115. The summed E-state index contributed by atoms with van der Waals surface area (Å²) in [6.45, 7) is 12.2. The molecule has 0 bridgehead atoms. The maximum Gasteiger partial charge on any atom is 0.647 e. The number of aryl methyl sites for hydroxylation is 3. The van der Waals surface area contributed by atoms with Crippen molar-refractivity contribution in [2.75, 3.05) is 0 Å². The van der Waals surface area contributed by atoms with E-state index in [1.807, 2.05) is 130 Å². The van der Waals surface area contributed by atoms with Crippen LogP contribution in [-0.2, 0) is 4.57 Å². The van der Waals surface area contributed by atoms with Gasteiger partial charge in [-0.3, -0.25) is 0 Å². The number of hydrogen-bond acceptors (Lipinski definition) is 4. The minimum atomic E-state index is -4.80. The van der Waals surface area contributed by atoms with Crippen LogP contribution in [0.2, 0.25) is 0 Å². The molecule has 0 radical (unpaired) electrons. The van der Waals surface area contributed by atoms with Gasteiger partial charge in [0.1, 0.15) is 17.2 Å². The molecule has 0 unspecified atom stereocenters. The largest absolute Gasteiger partial charge is 0.647 e. The van der Waals surface area contributed by atoms with Gasteiger partial charge in [-0.25, -0.2) is 0 Å². The third-order valence-corrected chi connectivity index (χ3v) is 13.6. The molecule has 0 saturated heterocycles. The fourth-order valence-corrected chi connectivity index (χ4v) is 10.1. The van der Waals surface area contributed by atoms with Gasteiger partial charge in [-0.05, 0) is 125 Å². The fourth-order valence-electron chi connectivity index (χ4n) is 8.60. The smallest absolute Gasteiger partial charge is 0.385 e. The molecule has 0 aromatic heterocycles. The van der Waals surface area contributed by atoms with Crippen LogP contribution >= 0.6 is 7.82 Å². The topological polar surface area (TPSA) is 44.8 Å². The van der Waals surface area contributed by atoms with Crippen molar-refractivity contribution in [3.63, 3.8) is 0 Å². The van der Waals surface area contributed by atoms with Crippen molar-refractivity contribution in [3.05, 3.63) is 234 Å². The second kappa shape index (κ2) is 18.4. The number of benzene rings is 9. The zero-order valence-electron chi connectivity index (χ0n) is 37.6. The molecule has 320 valence electrons. The molecular formula is C60H51O4P. The zero-order valence-corrected chi connectivity index (χ0v) is 38.5. The lowest BCUT2D eigenvalue weighted by molar-refractivity contribution is 0.297. The first kappa shape index (κ1) is 42.9. The van der Waals surface area contributed by atoms with Gasteiger partial charge in [0, 0.05) is 16.7 Å². The molecule has 5 heteroatoms. The molecule has 0 atom stereocenters. The fraction of sp³-hybridized carbons (Fsp3) is 0.100. The summed E-state index contributed by atoms with van der Waals surface area (Å²) in [6.07, 6.45) is 0. The van der Waals surface area contributed by atoms with Crippen LogP contribution in [0, 0.1) is 41.5 Å². The van der Waals surface area contributed by atoms with Crippen LogP contribution in [0.1, 0.15) is 33.4 Å². The summed E-state index contributed by atoms with van der Waals surface area (Å²) in [5, 5.41) is 0. The molecule has 0 aliphatic rings. The second-order valence-electron chi connectivity index (χ2n) is 16.6. The highest BCUT2D eigenvalue weighted by Crippen LogP contribution is 2.59. The van der Waals surface area contributed by atoms with Crippen molar-refractivity contribution in [1.29, 1.82) is 0 Å². The summed E-state index contributed by atoms with van der Waals surface area (Å²) >= 11 is 0. The summed E-state index contributed by atoms with van der Waals surface area (Å²) in [6, 6.07) is 67.7. The average Bonchev–Trinajstić information content (AvgIpc) is 3.35. The molecular weight excluding hydrogens is 816 g/mol. The zero-order chi connectivity index (χ0) is 45.1. The van der Waals surface area contributed by atoms with E-state index in [-0.39, 0.29) is 0 Å². The van der Waals surface area contributed by atoms with E-state index < -0.39 is 7.82 Å². The molecule has 0 aliphatic heterocycles. The Labute approximate surface area is 383 Å². The van der Waals surface area contributed by atoms with Gasteiger partial charge >= 0.3 is 7.82 Å². The predicted octanol–water partition coefficient (Wildman–Crippen LogP) is 17.2. The first-order valence-electron chi connectivity index (χ1n) is 22.0. The molecule has 9 aromatic carbocycles. The van der Waals surface area contributed by atoms with Gasteiger partial charge in [0.2, 0.25) is 0 Å². The Morgan fingerprint density at radius 2 is 0.492 bits per heavy atom. The summed E-state index contributed by atoms with van der Waals surface area (Å²) in [5.41, 5.74) is 16.2. The molecule has 0 N–H and O–H groups in total. The lowest BCUT2D eigenvalue weighted by atomic mass is 9.89. The Kier molecular flexibility index (Phi) is 12.1. The molecule has 9 aromatic rings. The average molecular weight is 867 g/mol. The van der Waals surface area contributed by atoms with Crippen LogP contribution in [-0.4, -0.2) is 0 Å². The van der Waals surface area contributed by atoms with Crippen LogP contribution in [0.4, 0.5) is 0 Å². The summed E-state index contributed by atoms with van der Waals surface area (Å²) in [7, 11) is -4.80. The molecule has 9 rings (SSSR count). The Balaban J connectivity index is 1.36. The second-order valence-corrected chi connectivity index (χ2v) is 18.1. The van der Waals surface area contributed by atoms with Crippen molar-refractivity contribution in [2.24, 2.45) is 0 Å². The number of rotatable bonds is 12. The van der Waals surface area contributed by atoms with Crippen molar-refractivity contribution >= 4 is 7.82 Å². The van der Waals surface area contributed by atoms with E-state index in [0.717, 1.165) is 100 Å². The molecule has 65 heavy (non-hydrogen) atoms. The highest BCUT2D eigenvalue weighted by molar-refractivity contribution is 7.49. The van der Waals surface area contributed by atoms with E-state index in [0.29, 0.717) is 17.2 Å². The van der Waals surface area contributed by atoms with Crippen molar-refractivity contribution in [3.8, 4) is 84.0 Å². The summed E-state index contributed by atoms with van der Waals surface area (Å²) in [4.78, 5) is 0. The maximum atomic E-state index is 16.9. The third kappa shape index (κ3) is 8.66. The Bertz CT molecular complexity index is 2830. The van der Waals surface area contributed by atoms with Gasteiger partial charge in [-0.1, -0.05) is 200 Å². The van der Waals surface area contributed by atoms with Crippen LogP contribution in [0.25, 0.3) is 66.8 Å². The van der Waals surface area contributed by atoms with E-state index in [4.69, 9.17) is 13.6 Å². The van der Waals surface area contributed by atoms with Crippen LogP contribution in [0.3, 0.4) is 0 Å². The Morgan fingerprint density at radius 1 is 0.292 bits per heavy atom. The predicted molar refractivity (Wildman–Crippen MR) is 270 cm³/mol. The van der Waals surface area contributed by atoms with Crippen LogP contribution in [0.5, 0.6) is 17.2 Å². The van der Waals surface area contributed by atoms with Crippen LogP contribution in [0.15, 0.2) is 200 Å². The van der Waals surface area contributed by atoms with E-state index in [2.05, 4.69) is 112 Å². The molecule has 0 heterocycles. The SMILES string of the molecule is Cc1cc(-c2ccccc2)c(-c2ccccc2)c(OP(=O)(Oc2c(C)c(C)cc(-c3ccccc3)c2-c2ccccc2)Oc2c(C)c(C)cc(-c3ccccc3)c2-c2ccccc2)c1C. The van der Waals surface area contributed by atoms with Gasteiger partial charge in [-0.2, -0.15) is 4.57 Å². The van der Waals surface area contributed by atoms with Crippen molar-refractivity contribution in [2.45, 2.75) is 41.5 Å². The molecule has 0 spiro atoms. The molecule has 0 fully saturated rings. The monoisotopic (exact) mass is 866 g/mol. The molecule has 0 saturated carbocycles. The van der Waals surface area contributed by atoms with Crippen LogP contribution < -0.4 is 13.6 Å². The van der Waals surface area contributed by atoms with Gasteiger partial charge < -0.3 is 13.6 Å². The van der Waals surface area contributed by atoms with Gasteiger partial charge in [0.05, 0.1) is 0 Å². The molecule has 4 nitrogen and oxygen atoms in total. The van der Waals surface area contributed by atoms with E-state index in [9.17, 15) is 0 Å². The lowest BCUT2D eigenvalue weighted by Crippen LogP contribution is -2.13. The summed E-state index contributed by atoms with van der Waals surface area (Å²) < 4.78 is 38.7. The minimum absolute atomic E-state index is 0.420. The van der Waals surface area contributed by atoms with E-state index in [1.54, 1.807) is 0 Å². The number of phosphoric ester groups is 1. The minimum Gasteiger partial charge on any atom is -0.385 e. The number of hydrogen-bond donors (Lipinski definition) is 0. The maximum absolute atomic E-state index is 16.9. The van der Waals surface area contributed by atoms with E-state index >= 15 is 4.57 Å². The highest BCUT2D eigenvalue weighted by atomic mass is 31.2. The lowest BCUT2D eigenvalue weighted by Gasteiger charge is -2.29. The van der Waals surface area contributed by atoms with Gasteiger partial charge in [0.25, 0.3) is 0 Å². The van der Waals surface area contributed by atoms with Gasteiger partial charge in [-0.15, -0.1) is 0 Å². The Morgan fingerprint density at radius 3 is 0.708 bits per heavy atom. The standard InChI is InChI=1S/C60H51O4P/c1-40-37-52(46-25-13-7-14-26-46)55(49-31-19-10-20-32-49)58(43(40)4)62-65(61,63-59-44(5)41(2)38-53(47-27-15-8-16-28-47)56(59)50-33-21-11-22-34-50)64-60-45(6)42(3)39-54(48-29-17-9-18-30-48)57(60)51-35-23-12-24-36-51/h7-39H,1-6H3. The summed E-state index contributed by atoms with van der Waals surface area (Å²) in [5.74, 6) is 1.26. The van der Waals surface area contributed by atoms with Crippen molar-refractivity contribution < 1.29 is 18.1 Å². The first-order chi connectivity index (χ1) is 31.6. The van der Waals surface area contributed by atoms with E-state index in [1.165, 1.54) is 0 Å². The molecule has 0 amide bonds. The normalized spacial score (nSPS) is 11.3. The van der Waals surface area contributed by atoms with Crippen molar-refractivity contribution in [1.82, 2.24) is 0 Å². The first-order valence-corrected chi connectivity index (χ1v) is 23.5. The molecule has 0 aliphatic carbocycles.